The van der Waals surface area contributed by atoms with Gasteiger partial charge in [0.25, 0.3) is 5.78 Å². The van der Waals surface area contributed by atoms with Gasteiger partial charge in [0.1, 0.15) is 12.1 Å². The Balaban J connectivity index is 1.69. The van der Waals surface area contributed by atoms with E-state index in [1.807, 2.05) is 45.9 Å². The monoisotopic (exact) mass is 367 g/mol. The van der Waals surface area contributed by atoms with Gasteiger partial charge in [0, 0.05) is 23.4 Å². The van der Waals surface area contributed by atoms with Crippen molar-refractivity contribution in [3.63, 3.8) is 0 Å². The highest BCUT2D eigenvalue weighted by atomic mass is 16.5. The summed E-state index contributed by atoms with van der Waals surface area (Å²) in [4.78, 5) is 21.1. The van der Waals surface area contributed by atoms with Crippen molar-refractivity contribution in [1.82, 2.24) is 24.9 Å². The lowest BCUT2D eigenvalue weighted by molar-refractivity contribution is -0.121. The van der Waals surface area contributed by atoms with Gasteiger partial charge in [0.15, 0.2) is 0 Å². The normalized spacial score (nSPS) is 12.2. The van der Waals surface area contributed by atoms with Crippen LogP contribution in [0, 0.1) is 20.8 Å². The Labute approximate surface area is 158 Å². The average Bonchev–Trinajstić information content (AvgIpc) is 3.09. The highest BCUT2D eigenvalue weighted by molar-refractivity contribution is 5.77. The summed E-state index contributed by atoms with van der Waals surface area (Å²) in [7, 11) is 1.64. The van der Waals surface area contributed by atoms with Crippen LogP contribution in [0.1, 0.15) is 47.5 Å². The lowest BCUT2D eigenvalue weighted by Crippen LogP contribution is -2.27. The molecule has 1 aromatic carbocycles. The quantitative estimate of drug-likeness (QED) is 0.724. The maximum Gasteiger partial charge on any atom is 0.252 e. The van der Waals surface area contributed by atoms with Crippen molar-refractivity contribution in [3.05, 3.63) is 52.6 Å². The number of methoxy groups -OCH3 is 1. The second-order valence-corrected chi connectivity index (χ2v) is 6.77. The summed E-state index contributed by atoms with van der Waals surface area (Å²) in [6, 6.07) is 5.83. The Morgan fingerprint density at radius 3 is 2.81 bits per heavy atom. The zero-order valence-corrected chi connectivity index (χ0v) is 16.4. The minimum atomic E-state index is -0.134. The number of nitrogens with zero attached hydrogens (tertiary/aromatic N) is 4. The summed E-state index contributed by atoms with van der Waals surface area (Å²) in [5.41, 5.74) is 4.99. The highest BCUT2D eigenvalue weighted by Crippen LogP contribution is 2.26. The van der Waals surface area contributed by atoms with E-state index in [9.17, 15) is 4.79 Å². The third-order valence-corrected chi connectivity index (χ3v) is 4.82. The number of hydrogen-bond acceptors (Lipinski definition) is 5. The Morgan fingerprint density at radius 2 is 2.07 bits per heavy atom. The fourth-order valence-corrected chi connectivity index (χ4v) is 3.34. The molecule has 1 amide bonds. The third kappa shape index (κ3) is 3.92. The van der Waals surface area contributed by atoms with E-state index in [2.05, 4.69) is 20.4 Å². The first-order chi connectivity index (χ1) is 12.9. The highest BCUT2D eigenvalue weighted by Gasteiger charge is 2.16. The van der Waals surface area contributed by atoms with Gasteiger partial charge in [-0.3, -0.25) is 4.79 Å². The van der Waals surface area contributed by atoms with Gasteiger partial charge in [-0.2, -0.15) is 10.1 Å². The van der Waals surface area contributed by atoms with E-state index in [0.717, 1.165) is 33.8 Å². The van der Waals surface area contributed by atoms with Crippen LogP contribution in [0.3, 0.4) is 0 Å². The molecule has 0 bridgehead atoms. The van der Waals surface area contributed by atoms with Crippen LogP contribution in [0.5, 0.6) is 5.75 Å². The van der Waals surface area contributed by atoms with E-state index < -0.39 is 0 Å². The lowest BCUT2D eigenvalue weighted by atomic mass is 10.0. The summed E-state index contributed by atoms with van der Waals surface area (Å²) >= 11 is 0. The topological polar surface area (TPSA) is 81.4 Å². The van der Waals surface area contributed by atoms with E-state index in [1.54, 1.807) is 11.6 Å². The van der Waals surface area contributed by atoms with Crippen LogP contribution >= 0.6 is 0 Å². The summed E-state index contributed by atoms with van der Waals surface area (Å²) in [6.45, 7) is 7.91. The van der Waals surface area contributed by atoms with Gasteiger partial charge in [-0.25, -0.2) is 9.50 Å². The second kappa shape index (κ2) is 7.73. The van der Waals surface area contributed by atoms with Gasteiger partial charge in [0.2, 0.25) is 5.91 Å². The average molecular weight is 367 g/mol. The summed E-state index contributed by atoms with van der Waals surface area (Å²) < 4.78 is 7.13. The van der Waals surface area contributed by atoms with Crippen LogP contribution in [-0.4, -0.2) is 32.6 Å². The molecule has 0 spiro atoms. The molecule has 3 rings (SSSR count). The Hall–Kier alpha value is -2.96. The van der Waals surface area contributed by atoms with Crippen LogP contribution in [0.25, 0.3) is 5.78 Å². The molecule has 0 saturated heterocycles. The number of carbonyl (C=O) groups excluding carboxylic acids is 1. The van der Waals surface area contributed by atoms with Crippen molar-refractivity contribution in [1.29, 1.82) is 0 Å². The predicted octanol–water partition coefficient (Wildman–Crippen LogP) is 2.87. The Morgan fingerprint density at radius 1 is 1.30 bits per heavy atom. The van der Waals surface area contributed by atoms with Crippen LogP contribution in [0.2, 0.25) is 0 Å². The minimum Gasteiger partial charge on any atom is -0.496 e. The molecule has 1 N–H and O–H groups in total. The van der Waals surface area contributed by atoms with E-state index >= 15 is 0 Å². The molecule has 0 aliphatic carbocycles. The molecule has 7 nitrogen and oxygen atoms in total. The van der Waals surface area contributed by atoms with Gasteiger partial charge in [-0.05, 0) is 45.7 Å². The number of hydrogen-bond donors (Lipinski definition) is 1. The lowest BCUT2D eigenvalue weighted by Gasteiger charge is -2.18. The molecule has 0 aliphatic rings. The van der Waals surface area contributed by atoms with Crippen molar-refractivity contribution < 1.29 is 9.53 Å². The molecule has 142 valence electrons. The molecule has 27 heavy (non-hydrogen) atoms. The molecule has 0 saturated carbocycles. The largest absolute Gasteiger partial charge is 0.496 e. The molecule has 0 aliphatic heterocycles. The number of aryl methyl sites for hydroxylation is 3. The number of nitrogens with one attached hydrogen (secondary N) is 1. The molecule has 7 heteroatoms. The van der Waals surface area contributed by atoms with Gasteiger partial charge >= 0.3 is 0 Å². The summed E-state index contributed by atoms with van der Waals surface area (Å²) in [5.74, 6) is 1.35. The fourth-order valence-electron chi connectivity index (χ4n) is 3.34. The molecular weight excluding hydrogens is 342 g/mol. The molecule has 0 fully saturated rings. The van der Waals surface area contributed by atoms with Crippen molar-refractivity contribution in [3.8, 4) is 5.75 Å². The first-order valence-electron chi connectivity index (χ1n) is 9.00. The van der Waals surface area contributed by atoms with Crippen LogP contribution < -0.4 is 10.1 Å². The van der Waals surface area contributed by atoms with Gasteiger partial charge < -0.3 is 10.1 Å². The van der Waals surface area contributed by atoms with E-state index in [1.165, 1.54) is 6.33 Å². The zero-order valence-electron chi connectivity index (χ0n) is 16.4. The summed E-state index contributed by atoms with van der Waals surface area (Å²) in [6.07, 6.45) is 2.47. The number of amides is 1. The van der Waals surface area contributed by atoms with Gasteiger partial charge in [-0.15, -0.1) is 0 Å². The smallest absolute Gasteiger partial charge is 0.252 e. The van der Waals surface area contributed by atoms with Crippen molar-refractivity contribution in [2.75, 3.05) is 7.11 Å². The summed E-state index contributed by atoms with van der Waals surface area (Å²) in [5, 5.41) is 7.26. The molecule has 2 aromatic heterocycles. The number of ether oxygens (including phenoxy) is 1. The SMILES string of the molecule is COc1ccc(C)cc1[C@H](C)NC(=O)CCc1c(C)nc2ncnn2c1C. The van der Waals surface area contributed by atoms with E-state index in [0.29, 0.717) is 18.6 Å². The fraction of sp³-hybridized carbons (Fsp3) is 0.400. The van der Waals surface area contributed by atoms with E-state index in [4.69, 9.17) is 4.74 Å². The number of benzene rings is 1. The van der Waals surface area contributed by atoms with E-state index in [-0.39, 0.29) is 11.9 Å². The maximum absolute atomic E-state index is 12.5. The van der Waals surface area contributed by atoms with Gasteiger partial charge in [-0.1, -0.05) is 17.7 Å². The Kier molecular flexibility index (Phi) is 5.39. The number of rotatable bonds is 6. The predicted molar refractivity (Wildman–Crippen MR) is 103 cm³/mol. The van der Waals surface area contributed by atoms with Crippen LogP contribution in [-0.2, 0) is 11.2 Å². The molecular formula is C20H25N5O2. The number of carbonyl (C=O) groups is 1. The number of aromatic nitrogens is 4. The molecule has 3 aromatic rings. The molecule has 1 atom stereocenters. The maximum atomic E-state index is 12.5. The molecule has 2 heterocycles. The van der Waals surface area contributed by atoms with Crippen molar-refractivity contribution >= 4 is 11.7 Å². The molecule has 0 radical (unpaired) electrons. The standard InChI is InChI=1S/C20H25N5O2/c1-12-6-8-18(27-5)17(10-12)14(3)23-19(26)9-7-16-13(2)24-20-21-11-22-25(20)15(16)4/h6,8,10-11,14H,7,9H2,1-5H3,(H,23,26)/t14-/m0/s1. The molecule has 0 unspecified atom stereocenters. The van der Waals surface area contributed by atoms with Crippen molar-refractivity contribution in [2.24, 2.45) is 0 Å². The first kappa shape index (κ1) is 18.8. The zero-order chi connectivity index (χ0) is 19.6. The number of fused-ring (bicyclic) bond motifs is 1. The second-order valence-electron chi connectivity index (χ2n) is 6.77. The van der Waals surface area contributed by atoms with Gasteiger partial charge in [0.05, 0.1) is 13.2 Å². The third-order valence-electron chi connectivity index (χ3n) is 4.82. The first-order valence-corrected chi connectivity index (χ1v) is 9.00. The van der Waals surface area contributed by atoms with Crippen LogP contribution in [0.15, 0.2) is 24.5 Å². The Bertz CT molecular complexity index is 980. The van der Waals surface area contributed by atoms with Crippen LogP contribution in [0.4, 0.5) is 0 Å². The van der Waals surface area contributed by atoms with Crippen molar-refractivity contribution in [2.45, 2.75) is 46.6 Å². The minimum absolute atomic E-state index is 0.0106.